The number of para-hydroxylation sites is 1. The van der Waals surface area contributed by atoms with Crippen LogP contribution in [0.2, 0.25) is 5.28 Å². The van der Waals surface area contributed by atoms with Crippen molar-refractivity contribution in [3.8, 4) is 6.07 Å². The van der Waals surface area contributed by atoms with Gasteiger partial charge in [-0.25, -0.2) is 4.98 Å². The van der Waals surface area contributed by atoms with Crippen molar-refractivity contribution in [1.82, 2.24) is 9.97 Å². The largest absolute Gasteiger partial charge is 0.338 e. The van der Waals surface area contributed by atoms with Crippen LogP contribution in [-0.4, -0.2) is 9.97 Å². The highest BCUT2D eigenvalue weighted by atomic mass is 79.9. The molecule has 0 fully saturated rings. The van der Waals surface area contributed by atoms with E-state index in [1.165, 1.54) is 0 Å². The molecule has 0 aliphatic heterocycles. The number of anilines is 2. The van der Waals surface area contributed by atoms with Crippen molar-refractivity contribution in [3.63, 3.8) is 0 Å². The lowest BCUT2D eigenvalue weighted by Crippen LogP contribution is -1.99. The summed E-state index contributed by atoms with van der Waals surface area (Å²) in [5, 5.41) is 13.3. The SMILES string of the molecule is N#Cc1ccc(Br)cc1Nc1nc(Cl)nc2ccccc12. The third-order valence-electron chi connectivity index (χ3n) is 2.93. The summed E-state index contributed by atoms with van der Waals surface area (Å²) in [7, 11) is 0. The Morgan fingerprint density at radius 2 is 1.95 bits per heavy atom. The fourth-order valence-corrected chi connectivity index (χ4v) is 2.53. The Morgan fingerprint density at radius 3 is 2.76 bits per heavy atom. The summed E-state index contributed by atoms with van der Waals surface area (Å²) in [6, 6.07) is 15.1. The molecule has 1 heterocycles. The van der Waals surface area contributed by atoms with E-state index < -0.39 is 0 Å². The van der Waals surface area contributed by atoms with Crippen LogP contribution in [0.5, 0.6) is 0 Å². The van der Waals surface area contributed by atoms with Crippen molar-refractivity contribution in [2.75, 3.05) is 5.32 Å². The van der Waals surface area contributed by atoms with Crippen LogP contribution < -0.4 is 5.32 Å². The van der Waals surface area contributed by atoms with E-state index in [0.717, 1.165) is 15.4 Å². The number of fused-ring (bicyclic) bond motifs is 1. The zero-order valence-corrected chi connectivity index (χ0v) is 13.0. The first kappa shape index (κ1) is 13.8. The topological polar surface area (TPSA) is 61.6 Å². The summed E-state index contributed by atoms with van der Waals surface area (Å²) >= 11 is 9.35. The van der Waals surface area contributed by atoms with Gasteiger partial charge >= 0.3 is 0 Å². The third-order valence-corrected chi connectivity index (χ3v) is 3.59. The van der Waals surface area contributed by atoms with Crippen LogP contribution in [0.25, 0.3) is 10.9 Å². The number of benzene rings is 2. The predicted octanol–water partition coefficient (Wildman–Crippen LogP) is 4.66. The van der Waals surface area contributed by atoms with E-state index in [1.54, 1.807) is 6.07 Å². The van der Waals surface area contributed by atoms with Crippen LogP contribution in [0.1, 0.15) is 5.56 Å². The molecule has 3 rings (SSSR count). The molecule has 0 amide bonds. The van der Waals surface area contributed by atoms with Crippen LogP contribution in [0, 0.1) is 11.3 Å². The monoisotopic (exact) mass is 358 g/mol. The fourth-order valence-electron chi connectivity index (χ4n) is 1.99. The molecule has 0 spiro atoms. The van der Waals surface area contributed by atoms with Gasteiger partial charge in [0.25, 0.3) is 0 Å². The van der Waals surface area contributed by atoms with Crippen molar-refractivity contribution in [3.05, 3.63) is 57.8 Å². The van der Waals surface area contributed by atoms with E-state index in [4.69, 9.17) is 11.6 Å². The summed E-state index contributed by atoms with van der Waals surface area (Å²) < 4.78 is 0.869. The van der Waals surface area contributed by atoms with E-state index in [2.05, 4.69) is 37.3 Å². The molecule has 2 aromatic carbocycles. The van der Waals surface area contributed by atoms with Gasteiger partial charge in [-0.2, -0.15) is 10.2 Å². The predicted molar refractivity (Wildman–Crippen MR) is 86.7 cm³/mol. The van der Waals surface area contributed by atoms with Gasteiger partial charge in [-0.15, -0.1) is 0 Å². The van der Waals surface area contributed by atoms with Gasteiger partial charge in [-0.05, 0) is 41.9 Å². The lowest BCUT2D eigenvalue weighted by molar-refractivity contribution is 1.22. The number of aromatic nitrogens is 2. The number of hydrogen-bond acceptors (Lipinski definition) is 4. The minimum absolute atomic E-state index is 0.157. The summed E-state index contributed by atoms with van der Waals surface area (Å²) in [6.45, 7) is 0. The van der Waals surface area contributed by atoms with Crippen LogP contribution >= 0.6 is 27.5 Å². The molecule has 1 N–H and O–H groups in total. The highest BCUT2D eigenvalue weighted by molar-refractivity contribution is 9.10. The van der Waals surface area contributed by atoms with Gasteiger partial charge in [0.1, 0.15) is 11.9 Å². The Labute approximate surface area is 134 Å². The first-order valence-corrected chi connectivity index (χ1v) is 7.23. The molecular weight excluding hydrogens is 352 g/mol. The van der Waals surface area contributed by atoms with Gasteiger partial charge in [0.05, 0.1) is 16.8 Å². The maximum absolute atomic E-state index is 9.19. The molecule has 4 nitrogen and oxygen atoms in total. The number of nitrogens with one attached hydrogen (secondary N) is 1. The van der Waals surface area contributed by atoms with E-state index in [1.807, 2.05) is 36.4 Å². The van der Waals surface area contributed by atoms with E-state index >= 15 is 0 Å². The fraction of sp³-hybridized carbons (Fsp3) is 0. The molecule has 3 aromatic rings. The average molecular weight is 360 g/mol. The lowest BCUT2D eigenvalue weighted by atomic mass is 10.2. The van der Waals surface area contributed by atoms with Gasteiger partial charge in [0.15, 0.2) is 0 Å². The molecule has 21 heavy (non-hydrogen) atoms. The summed E-state index contributed by atoms with van der Waals surface area (Å²) in [5.41, 5.74) is 1.93. The van der Waals surface area contributed by atoms with Crippen LogP contribution in [0.4, 0.5) is 11.5 Å². The Bertz CT molecular complexity index is 873. The minimum atomic E-state index is 0.157. The number of nitrogens with zero attached hydrogens (tertiary/aromatic N) is 3. The van der Waals surface area contributed by atoms with Crippen molar-refractivity contribution in [2.45, 2.75) is 0 Å². The number of hydrogen-bond donors (Lipinski definition) is 1. The summed E-state index contributed by atoms with van der Waals surface area (Å²) in [5.74, 6) is 0.570. The number of halogens is 2. The molecule has 102 valence electrons. The van der Waals surface area contributed by atoms with E-state index in [-0.39, 0.29) is 5.28 Å². The van der Waals surface area contributed by atoms with Crippen molar-refractivity contribution in [2.24, 2.45) is 0 Å². The Hall–Kier alpha value is -2.16. The average Bonchev–Trinajstić information content (AvgIpc) is 2.47. The van der Waals surface area contributed by atoms with Gasteiger partial charge in [-0.1, -0.05) is 28.1 Å². The highest BCUT2D eigenvalue weighted by Crippen LogP contribution is 2.28. The Balaban J connectivity index is 2.15. The molecule has 0 aliphatic rings. The normalized spacial score (nSPS) is 10.3. The molecule has 0 bridgehead atoms. The molecule has 0 saturated carbocycles. The second-order valence-electron chi connectivity index (χ2n) is 4.29. The Kier molecular flexibility index (Phi) is 3.74. The van der Waals surface area contributed by atoms with Crippen molar-refractivity contribution in [1.29, 1.82) is 5.26 Å². The van der Waals surface area contributed by atoms with E-state index in [0.29, 0.717) is 17.1 Å². The van der Waals surface area contributed by atoms with Crippen LogP contribution in [0.3, 0.4) is 0 Å². The number of nitriles is 1. The minimum Gasteiger partial charge on any atom is -0.338 e. The summed E-state index contributed by atoms with van der Waals surface area (Å²) in [6.07, 6.45) is 0. The number of rotatable bonds is 2. The van der Waals surface area contributed by atoms with Gasteiger partial charge in [0.2, 0.25) is 5.28 Å². The smallest absolute Gasteiger partial charge is 0.224 e. The zero-order valence-electron chi connectivity index (χ0n) is 10.6. The molecule has 0 unspecified atom stereocenters. The van der Waals surface area contributed by atoms with Gasteiger partial charge in [0, 0.05) is 9.86 Å². The highest BCUT2D eigenvalue weighted by Gasteiger charge is 2.09. The maximum Gasteiger partial charge on any atom is 0.224 e. The van der Waals surface area contributed by atoms with Crippen LogP contribution in [0.15, 0.2) is 46.9 Å². The molecule has 0 saturated heterocycles. The van der Waals surface area contributed by atoms with Gasteiger partial charge in [-0.3, -0.25) is 0 Å². The third kappa shape index (κ3) is 2.82. The zero-order chi connectivity index (χ0) is 14.8. The molecule has 1 aromatic heterocycles. The van der Waals surface area contributed by atoms with Crippen LogP contribution in [-0.2, 0) is 0 Å². The molecule has 0 aliphatic carbocycles. The first-order chi connectivity index (χ1) is 10.2. The lowest BCUT2D eigenvalue weighted by Gasteiger charge is -2.10. The van der Waals surface area contributed by atoms with Crippen molar-refractivity contribution >= 4 is 49.9 Å². The standard InChI is InChI=1S/C15H8BrClN4/c16-10-6-5-9(8-18)13(7-10)19-14-11-3-1-2-4-12(11)20-15(17)21-14/h1-7H,(H,19,20,21). The van der Waals surface area contributed by atoms with Crippen molar-refractivity contribution < 1.29 is 0 Å². The second-order valence-corrected chi connectivity index (χ2v) is 5.54. The molecular formula is C15H8BrClN4. The quantitative estimate of drug-likeness (QED) is 0.676. The molecule has 0 radical (unpaired) electrons. The summed E-state index contributed by atoms with van der Waals surface area (Å²) in [4.78, 5) is 8.40. The van der Waals surface area contributed by atoms with Gasteiger partial charge < -0.3 is 5.32 Å². The first-order valence-electron chi connectivity index (χ1n) is 6.06. The maximum atomic E-state index is 9.19. The van der Waals surface area contributed by atoms with E-state index in [9.17, 15) is 5.26 Å². The molecule has 6 heteroatoms. The molecule has 0 atom stereocenters. The Morgan fingerprint density at radius 1 is 1.14 bits per heavy atom. The second kappa shape index (κ2) is 5.68.